The summed E-state index contributed by atoms with van der Waals surface area (Å²) in [7, 11) is 0. The Balaban J connectivity index is 2.02. The summed E-state index contributed by atoms with van der Waals surface area (Å²) in [5.74, 6) is 0. The van der Waals surface area contributed by atoms with Gasteiger partial charge in [0.2, 0.25) is 0 Å². The topological polar surface area (TPSA) is 15.3 Å². The molecular weight excluding hydrogens is 256 g/mol. The van der Waals surface area contributed by atoms with Gasteiger partial charge in [0, 0.05) is 24.2 Å². The molecule has 0 radical (unpaired) electrons. The third kappa shape index (κ3) is 4.01. The van der Waals surface area contributed by atoms with Crippen molar-refractivity contribution in [2.75, 3.05) is 19.6 Å². The van der Waals surface area contributed by atoms with E-state index in [1.54, 1.807) is 0 Å². The molecule has 0 aromatic carbocycles. The lowest BCUT2D eigenvalue weighted by Gasteiger charge is -2.56. The molecule has 2 heteroatoms. The van der Waals surface area contributed by atoms with Crippen LogP contribution in [-0.4, -0.2) is 35.6 Å². The lowest BCUT2D eigenvalue weighted by Crippen LogP contribution is -2.70. The van der Waals surface area contributed by atoms with Gasteiger partial charge in [-0.05, 0) is 38.6 Å². The van der Waals surface area contributed by atoms with Crippen molar-refractivity contribution in [1.82, 2.24) is 10.2 Å². The number of rotatable bonds is 7. The van der Waals surface area contributed by atoms with E-state index >= 15 is 0 Å². The summed E-state index contributed by atoms with van der Waals surface area (Å²) >= 11 is 0. The maximum absolute atomic E-state index is 3.98. The first kappa shape index (κ1) is 17.3. The maximum Gasteiger partial charge on any atom is 0.0334 e. The van der Waals surface area contributed by atoms with Crippen molar-refractivity contribution in [3.8, 4) is 0 Å². The summed E-state index contributed by atoms with van der Waals surface area (Å²) < 4.78 is 0. The van der Waals surface area contributed by atoms with Gasteiger partial charge in [0.1, 0.15) is 0 Å². The van der Waals surface area contributed by atoms with Crippen molar-refractivity contribution in [2.24, 2.45) is 0 Å². The normalized spacial score (nSPS) is 25.3. The lowest BCUT2D eigenvalue weighted by atomic mass is 9.75. The molecule has 0 aromatic rings. The van der Waals surface area contributed by atoms with E-state index in [0.717, 1.165) is 0 Å². The van der Waals surface area contributed by atoms with Gasteiger partial charge in [0.25, 0.3) is 0 Å². The van der Waals surface area contributed by atoms with Crippen LogP contribution in [0.2, 0.25) is 0 Å². The highest BCUT2D eigenvalue weighted by Crippen LogP contribution is 2.38. The zero-order valence-electron chi connectivity index (χ0n) is 14.8. The van der Waals surface area contributed by atoms with Gasteiger partial charge >= 0.3 is 0 Å². The Morgan fingerprint density at radius 2 is 1.62 bits per heavy atom. The zero-order valence-corrected chi connectivity index (χ0v) is 14.8. The number of hydrogen-bond donors (Lipinski definition) is 1. The summed E-state index contributed by atoms with van der Waals surface area (Å²) in [5, 5.41) is 3.98. The predicted octanol–water partition coefficient (Wildman–Crippen LogP) is 4.73. The Bertz CT molecular complexity index is 290. The van der Waals surface area contributed by atoms with Crippen molar-refractivity contribution in [1.29, 1.82) is 0 Å². The van der Waals surface area contributed by atoms with Gasteiger partial charge in [0.05, 0.1) is 0 Å². The summed E-state index contributed by atoms with van der Waals surface area (Å²) in [5.41, 5.74) is 0.881. The van der Waals surface area contributed by atoms with Crippen LogP contribution < -0.4 is 5.32 Å². The van der Waals surface area contributed by atoms with Crippen LogP contribution in [0, 0.1) is 0 Å². The molecule has 0 unspecified atom stereocenters. The van der Waals surface area contributed by atoms with Crippen LogP contribution in [0.5, 0.6) is 0 Å². The Kier molecular flexibility index (Phi) is 6.55. The van der Waals surface area contributed by atoms with Gasteiger partial charge in [-0.15, -0.1) is 0 Å². The fraction of sp³-hybridized carbons (Fsp3) is 1.00. The average Bonchev–Trinajstić information content (AvgIpc) is 2.54. The molecular formula is C19H38N2. The Morgan fingerprint density at radius 3 is 2.24 bits per heavy atom. The Hall–Kier alpha value is -0.0800. The molecule has 21 heavy (non-hydrogen) atoms. The smallest absolute Gasteiger partial charge is 0.0334 e. The predicted molar refractivity (Wildman–Crippen MR) is 92.8 cm³/mol. The van der Waals surface area contributed by atoms with E-state index in [1.165, 1.54) is 90.3 Å². The molecule has 1 aliphatic carbocycles. The van der Waals surface area contributed by atoms with Gasteiger partial charge < -0.3 is 5.32 Å². The van der Waals surface area contributed by atoms with Gasteiger partial charge in [-0.1, -0.05) is 59.3 Å². The van der Waals surface area contributed by atoms with Crippen LogP contribution in [0.1, 0.15) is 91.4 Å². The SMILES string of the molecule is CCCCCCN1CC(CC)(CC)NCC12CCCCC2. The highest BCUT2D eigenvalue weighted by molar-refractivity contribution is 5.05. The van der Waals surface area contributed by atoms with Gasteiger partial charge in [0.15, 0.2) is 0 Å². The first-order valence-electron chi connectivity index (χ1n) is 9.70. The van der Waals surface area contributed by atoms with Crippen molar-refractivity contribution in [3.05, 3.63) is 0 Å². The highest BCUT2D eigenvalue weighted by atomic mass is 15.3. The second-order valence-corrected chi connectivity index (χ2v) is 7.61. The number of nitrogens with zero attached hydrogens (tertiary/aromatic N) is 1. The number of hydrogen-bond acceptors (Lipinski definition) is 2. The molecule has 0 amide bonds. The van der Waals surface area contributed by atoms with Crippen LogP contribution in [0.3, 0.4) is 0 Å². The average molecular weight is 295 g/mol. The van der Waals surface area contributed by atoms with E-state index in [0.29, 0.717) is 11.1 Å². The molecule has 1 saturated carbocycles. The summed E-state index contributed by atoms with van der Waals surface area (Å²) in [6.07, 6.45) is 15.3. The molecule has 1 spiro atoms. The van der Waals surface area contributed by atoms with E-state index in [2.05, 4.69) is 31.0 Å². The van der Waals surface area contributed by atoms with E-state index in [9.17, 15) is 0 Å². The monoisotopic (exact) mass is 294 g/mol. The van der Waals surface area contributed by atoms with Crippen molar-refractivity contribution >= 4 is 0 Å². The minimum Gasteiger partial charge on any atom is -0.308 e. The number of unbranched alkanes of at least 4 members (excludes halogenated alkanes) is 3. The minimum atomic E-state index is 0.382. The largest absolute Gasteiger partial charge is 0.308 e. The van der Waals surface area contributed by atoms with Crippen LogP contribution >= 0.6 is 0 Å². The molecule has 0 bridgehead atoms. The van der Waals surface area contributed by atoms with Crippen molar-refractivity contribution in [2.45, 2.75) is 102 Å². The quantitative estimate of drug-likeness (QED) is 0.683. The summed E-state index contributed by atoms with van der Waals surface area (Å²) in [6.45, 7) is 10.9. The molecule has 0 atom stereocenters. The molecule has 2 nitrogen and oxygen atoms in total. The minimum absolute atomic E-state index is 0.382. The maximum atomic E-state index is 3.98. The first-order valence-corrected chi connectivity index (χ1v) is 9.70. The fourth-order valence-corrected chi connectivity index (χ4v) is 4.52. The third-order valence-electron chi connectivity index (χ3n) is 6.38. The van der Waals surface area contributed by atoms with Crippen molar-refractivity contribution in [3.63, 3.8) is 0 Å². The molecule has 2 fully saturated rings. The zero-order chi connectivity index (χ0) is 15.2. The summed E-state index contributed by atoms with van der Waals surface area (Å²) in [6, 6.07) is 0. The van der Waals surface area contributed by atoms with Crippen LogP contribution in [0.25, 0.3) is 0 Å². The highest BCUT2D eigenvalue weighted by Gasteiger charge is 2.45. The molecule has 1 aliphatic heterocycles. The standard InChI is InChI=1S/C19H38N2/c1-4-7-8-12-15-21-17-18(5-2,6-3)20-16-19(21)13-10-9-11-14-19/h20H,4-17H2,1-3H3. The third-order valence-corrected chi connectivity index (χ3v) is 6.38. The molecule has 1 saturated heterocycles. The molecule has 124 valence electrons. The molecule has 1 N–H and O–H groups in total. The number of piperazine rings is 1. The van der Waals surface area contributed by atoms with Gasteiger partial charge in [-0.3, -0.25) is 4.90 Å². The lowest BCUT2D eigenvalue weighted by molar-refractivity contribution is -0.0226. The Morgan fingerprint density at radius 1 is 0.905 bits per heavy atom. The van der Waals surface area contributed by atoms with E-state index in [1.807, 2.05) is 0 Å². The first-order chi connectivity index (χ1) is 10.2. The molecule has 0 aromatic heterocycles. The van der Waals surface area contributed by atoms with Gasteiger partial charge in [-0.25, -0.2) is 0 Å². The summed E-state index contributed by atoms with van der Waals surface area (Å²) in [4.78, 5) is 2.92. The van der Waals surface area contributed by atoms with Crippen molar-refractivity contribution < 1.29 is 0 Å². The van der Waals surface area contributed by atoms with Crippen LogP contribution in [0.4, 0.5) is 0 Å². The molecule has 1 heterocycles. The second kappa shape index (κ2) is 7.97. The second-order valence-electron chi connectivity index (χ2n) is 7.61. The fourth-order valence-electron chi connectivity index (χ4n) is 4.52. The van der Waals surface area contributed by atoms with E-state index in [-0.39, 0.29) is 0 Å². The van der Waals surface area contributed by atoms with Crippen LogP contribution in [-0.2, 0) is 0 Å². The van der Waals surface area contributed by atoms with Gasteiger partial charge in [-0.2, -0.15) is 0 Å². The molecule has 2 aliphatic rings. The van der Waals surface area contributed by atoms with Crippen LogP contribution in [0.15, 0.2) is 0 Å². The number of nitrogens with one attached hydrogen (secondary N) is 1. The molecule has 2 rings (SSSR count). The Labute approximate surface area is 133 Å². The van der Waals surface area contributed by atoms with E-state index < -0.39 is 0 Å². The van der Waals surface area contributed by atoms with E-state index in [4.69, 9.17) is 0 Å².